The monoisotopic (exact) mass is 227 g/mol. The van der Waals surface area contributed by atoms with Crippen molar-refractivity contribution in [2.45, 2.75) is 25.6 Å². The van der Waals surface area contributed by atoms with Crippen LogP contribution in [0.5, 0.6) is 0 Å². The van der Waals surface area contributed by atoms with E-state index >= 15 is 0 Å². The Hall–Kier alpha value is -0.350. The Morgan fingerprint density at radius 3 is 3.42 bits per heavy atom. The van der Waals surface area contributed by atoms with Gasteiger partial charge in [-0.25, -0.2) is 4.68 Å². The van der Waals surface area contributed by atoms with Crippen LogP contribution in [0.3, 0.4) is 0 Å². The summed E-state index contributed by atoms with van der Waals surface area (Å²) >= 11 is 3.40. The molecule has 0 amide bonds. The van der Waals surface area contributed by atoms with Crippen molar-refractivity contribution in [1.29, 1.82) is 0 Å². The van der Waals surface area contributed by atoms with Gasteiger partial charge in [0.1, 0.15) is 10.8 Å². The van der Waals surface area contributed by atoms with E-state index in [4.69, 9.17) is 0 Å². The van der Waals surface area contributed by atoms with Crippen LogP contribution in [-0.4, -0.2) is 21.2 Å². The highest BCUT2D eigenvalue weighted by molar-refractivity contribution is 9.10. The number of hydrogen-bond acceptors (Lipinski definition) is 2. The molecule has 3 rings (SSSR count). The van der Waals surface area contributed by atoms with E-state index in [2.05, 4.69) is 36.7 Å². The lowest BCUT2D eigenvalue weighted by Crippen LogP contribution is -2.18. The molecule has 1 aromatic heterocycles. The largest absolute Gasteiger partial charge is 0.276 e. The molecule has 3 nitrogen and oxygen atoms in total. The second kappa shape index (κ2) is 2.33. The Balaban J connectivity index is 2.06. The molecular formula is C8H10BrN3. The Bertz CT molecular complexity index is 320. The van der Waals surface area contributed by atoms with Gasteiger partial charge in [-0.3, -0.25) is 4.90 Å². The molecule has 2 aliphatic heterocycles. The van der Waals surface area contributed by atoms with E-state index in [1.807, 2.05) is 0 Å². The molecule has 2 aliphatic rings. The van der Waals surface area contributed by atoms with Crippen LogP contribution >= 0.6 is 15.9 Å². The minimum absolute atomic E-state index is 0.561. The highest BCUT2D eigenvalue weighted by atomic mass is 79.9. The predicted molar refractivity (Wildman–Crippen MR) is 48.6 cm³/mol. The van der Waals surface area contributed by atoms with Crippen LogP contribution in [0.4, 0.5) is 0 Å². The number of rotatable bonds is 0. The molecule has 4 heteroatoms. The van der Waals surface area contributed by atoms with Gasteiger partial charge < -0.3 is 0 Å². The molecule has 12 heavy (non-hydrogen) atoms. The first-order chi connectivity index (χ1) is 5.84. The van der Waals surface area contributed by atoms with Crippen LogP contribution in [0.15, 0.2) is 10.7 Å². The third-order valence-electron chi connectivity index (χ3n) is 2.76. The summed E-state index contributed by atoms with van der Waals surface area (Å²) in [5, 5.41) is 4.43. The summed E-state index contributed by atoms with van der Waals surface area (Å²) in [5.74, 6) is 0. The molecule has 1 saturated heterocycles. The Labute approximate surface area is 79.5 Å². The molecule has 1 atom stereocenters. The molecule has 0 saturated carbocycles. The van der Waals surface area contributed by atoms with Gasteiger partial charge in [0.05, 0.1) is 5.69 Å². The lowest BCUT2D eigenvalue weighted by Gasteiger charge is -2.13. The molecule has 0 bridgehead atoms. The van der Waals surface area contributed by atoms with E-state index < -0.39 is 0 Å². The molecule has 64 valence electrons. The van der Waals surface area contributed by atoms with Crippen molar-refractivity contribution in [3.8, 4) is 0 Å². The van der Waals surface area contributed by atoms with Crippen molar-refractivity contribution in [2.24, 2.45) is 0 Å². The lowest BCUT2D eigenvalue weighted by atomic mass is 10.3. The summed E-state index contributed by atoms with van der Waals surface area (Å²) in [6, 6.07) is 2.12. The SMILES string of the molecule is Brc1cc2n(n1)C1CCCN1C2. The van der Waals surface area contributed by atoms with Gasteiger partial charge in [-0.15, -0.1) is 0 Å². The fraction of sp³-hybridized carbons (Fsp3) is 0.625. The molecule has 3 heterocycles. The Morgan fingerprint density at radius 1 is 1.58 bits per heavy atom. The molecule has 0 spiro atoms. The smallest absolute Gasteiger partial charge is 0.128 e. The first-order valence-corrected chi connectivity index (χ1v) is 5.12. The molecule has 1 aromatic rings. The third kappa shape index (κ3) is 0.821. The standard InChI is InChI=1S/C8H10BrN3/c9-7-4-6-5-11-3-1-2-8(11)12(6)10-7/h4,8H,1-3,5H2. The van der Waals surface area contributed by atoms with Crippen LogP contribution in [-0.2, 0) is 6.54 Å². The Kier molecular flexibility index (Phi) is 1.37. The van der Waals surface area contributed by atoms with E-state index in [-0.39, 0.29) is 0 Å². The van der Waals surface area contributed by atoms with Gasteiger partial charge in [-0.1, -0.05) is 0 Å². The maximum atomic E-state index is 4.43. The van der Waals surface area contributed by atoms with Crippen molar-refractivity contribution in [2.75, 3.05) is 6.54 Å². The maximum Gasteiger partial charge on any atom is 0.128 e. The lowest BCUT2D eigenvalue weighted by molar-refractivity contribution is 0.224. The number of fused-ring (bicyclic) bond motifs is 3. The fourth-order valence-electron chi connectivity index (χ4n) is 2.25. The van der Waals surface area contributed by atoms with Gasteiger partial charge in [-0.05, 0) is 34.8 Å². The van der Waals surface area contributed by atoms with E-state index in [1.165, 1.54) is 25.1 Å². The van der Waals surface area contributed by atoms with E-state index in [1.54, 1.807) is 0 Å². The third-order valence-corrected chi connectivity index (χ3v) is 3.15. The molecule has 0 aromatic carbocycles. The average molecular weight is 228 g/mol. The zero-order valence-corrected chi connectivity index (χ0v) is 8.29. The van der Waals surface area contributed by atoms with Crippen LogP contribution in [0.2, 0.25) is 0 Å². The molecular weight excluding hydrogens is 218 g/mol. The zero-order valence-electron chi connectivity index (χ0n) is 6.70. The molecule has 1 unspecified atom stereocenters. The maximum absolute atomic E-state index is 4.43. The quantitative estimate of drug-likeness (QED) is 0.674. The first-order valence-electron chi connectivity index (χ1n) is 4.32. The van der Waals surface area contributed by atoms with E-state index in [0.29, 0.717) is 6.17 Å². The topological polar surface area (TPSA) is 21.1 Å². The number of nitrogens with zero attached hydrogens (tertiary/aromatic N) is 3. The van der Waals surface area contributed by atoms with Crippen LogP contribution < -0.4 is 0 Å². The molecule has 0 N–H and O–H groups in total. The first kappa shape index (κ1) is 7.09. The number of halogens is 1. The molecule has 0 aliphatic carbocycles. The predicted octanol–water partition coefficient (Wildman–Crippen LogP) is 1.75. The second-order valence-electron chi connectivity index (χ2n) is 3.50. The summed E-state index contributed by atoms with van der Waals surface area (Å²) in [6.45, 7) is 2.33. The van der Waals surface area contributed by atoms with Gasteiger partial charge in [-0.2, -0.15) is 5.10 Å². The highest BCUT2D eigenvalue weighted by Crippen LogP contribution is 2.35. The van der Waals surface area contributed by atoms with E-state index in [0.717, 1.165) is 11.1 Å². The molecule has 0 radical (unpaired) electrons. The summed E-state index contributed by atoms with van der Waals surface area (Å²) in [4.78, 5) is 2.49. The zero-order chi connectivity index (χ0) is 8.13. The summed E-state index contributed by atoms with van der Waals surface area (Å²) < 4.78 is 3.14. The van der Waals surface area contributed by atoms with Crippen LogP contribution in [0.1, 0.15) is 24.7 Å². The highest BCUT2D eigenvalue weighted by Gasteiger charge is 2.34. The normalized spacial score (nSPS) is 27.6. The van der Waals surface area contributed by atoms with Gasteiger partial charge >= 0.3 is 0 Å². The van der Waals surface area contributed by atoms with Crippen molar-refractivity contribution < 1.29 is 0 Å². The van der Waals surface area contributed by atoms with Gasteiger partial charge in [0, 0.05) is 13.1 Å². The summed E-state index contributed by atoms with van der Waals surface area (Å²) in [6.07, 6.45) is 3.15. The van der Waals surface area contributed by atoms with Crippen molar-refractivity contribution in [3.63, 3.8) is 0 Å². The minimum atomic E-state index is 0.561. The number of hydrogen-bond donors (Lipinski definition) is 0. The van der Waals surface area contributed by atoms with Crippen molar-refractivity contribution in [1.82, 2.24) is 14.7 Å². The van der Waals surface area contributed by atoms with Gasteiger partial charge in [0.15, 0.2) is 0 Å². The summed E-state index contributed by atoms with van der Waals surface area (Å²) in [7, 11) is 0. The van der Waals surface area contributed by atoms with Crippen LogP contribution in [0, 0.1) is 0 Å². The number of aromatic nitrogens is 2. The van der Waals surface area contributed by atoms with Gasteiger partial charge in [0.2, 0.25) is 0 Å². The second-order valence-corrected chi connectivity index (χ2v) is 4.31. The van der Waals surface area contributed by atoms with E-state index in [9.17, 15) is 0 Å². The summed E-state index contributed by atoms with van der Waals surface area (Å²) in [5.41, 5.74) is 1.35. The van der Waals surface area contributed by atoms with Crippen molar-refractivity contribution >= 4 is 15.9 Å². The fourth-order valence-corrected chi connectivity index (χ4v) is 2.69. The molecule has 1 fully saturated rings. The Morgan fingerprint density at radius 2 is 2.50 bits per heavy atom. The van der Waals surface area contributed by atoms with Crippen molar-refractivity contribution in [3.05, 3.63) is 16.4 Å². The van der Waals surface area contributed by atoms with Crippen LogP contribution in [0.25, 0.3) is 0 Å². The minimum Gasteiger partial charge on any atom is -0.276 e. The van der Waals surface area contributed by atoms with Gasteiger partial charge in [0.25, 0.3) is 0 Å². The average Bonchev–Trinajstić information content (AvgIpc) is 2.59.